The number of rotatable bonds is 6. The van der Waals surface area contributed by atoms with E-state index in [1.807, 2.05) is 0 Å². The number of esters is 1. The zero-order valence-electron chi connectivity index (χ0n) is 16.7. The topological polar surface area (TPSA) is 102 Å². The van der Waals surface area contributed by atoms with Gasteiger partial charge in [-0.1, -0.05) is 30.3 Å². The van der Waals surface area contributed by atoms with Crippen LogP contribution >= 0.6 is 11.3 Å². The van der Waals surface area contributed by atoms with Crippen molar-refractivity contribution < 1.29 is 22.7 Å². The number of nitrogens with one attached hydrogen (secondary N) is 2. The van der Waals surface area contributed by atoms with Gasteiger partial charge in [-0.3, -0.25) is 9.52 Å². The lowest BCUT2D eigenvalue weighted by atomic mass is 10.1. The Morgan fingerprint density at radius 1 is 1.00 bits per heavy atom. The fourth-order valence-corrected chi connectivity index (χ4v) is 5.93. The van der Waals surface area contributed by atoms with Gasteiger partial charge in [-0.05, 0) is 49.1 Å². The molecule has 0 fully saturated rings. The highest BCUT2D eigenvalue weighted by Crippen LogP contribution is 2.39. The Morgan fingerprint density at radius 3 is 2.45 bits per heavy atom. The number of carbonyl (C=O) groups is 2. The number of sulfonamides is 1. The third-order valence-corrected chi connectivity index (χ3v) is 7.60. The van der Waals surface area contributed by atoms with Gasteiger partial charge in [-0.2, -0.15) is 0 Å². The Morgan fingerprint density at radius 2 is 1.71 bits per heavy atom. The van der Waals surface area contributed by atoms with Crippen molar-refractivity contribution in [1.29, 1.82) is 0 Å². The molecule has 1 aromatic heterocycles. The van der Waals surface area contributed by atoms with Gasteiger partial charge < -0.3 is 10.1 Å². The average Bonchev–Trinajstić information content (AvgIpc) is 3.35. The Balaban J connectivity index is 1.64. The van der Waals surface area contributed by atoms with Crippen LogP contribution in [0.2, 0.25) is 0 Å². The zero-order chi connectivity index (χ0) is 22.0. The van der Waals surface area contributed by atoms with Crippen LogP contribution in [0, 0.1) is 0 Å². The molecule has 4 rings (SSSR count). The normalized spacial score (nSPS) is 12.8. The minimum atomic E-state index is -3.87. The maximum absolute atomic E-state index is 13.1. The molecule has 0 spiro atoms. The summed E-state index contributed by atoms with van der Waals surface area (Å²) in [6, 6.07) is 14.2. The molecular weight excluding hydrogens is 436 g/mol. The third-order valence-electron chi connectivity index (χ3n) is 5.01. The van der Waals surface area contributed by atoms with Gasteiger partial charge in [0.25, 0.3) is 15.9 Å². The summed E-state index contributed by atoms with van der Waals surface area (Å²) >= 11 is 1.36. The molecule has 1 amide bonds. The van der Waals surface area contributed by atoms with Crippen LogP contribution in [0.3, 0.4) is 0 Å². The lowest BCUT2D eigenvalue weighted by Gasteiger charge is -2.13. The predicted molar refractivity (Wildman–Crippen MR) is 119 cm³/mol. The molecule has 9 heteroatoms. The maximum Gasteiger partial charge on any atom is 0.341 e. The number of aryl methyl sites for hydroxylation is 1. The minimum Gasteiger partial charge on any atom is -0.465 e. The van der Waals surface area contributed by atoms with Crippen LogP contribution in [0.15, 0.2) is 59.5 Å². The first-order chi connectivity index (χ1) is 14.9. The summed E-state index contributed by atoms with van der Waals surface area (Å²) in [6.07, 6.45) is 2.58. The number of benzene rings is 2. The summed E-state index contributed by atoms with van der Waals surface area (Å²) in [6.45, 7) is 0. The van der Waals surface area contributed by atoms with Gasteiger partial charge in [-0.25, -0.2) is 13.2 Å². The largest absolute Gasteiger partial charge is 0.465 e. The molecule has 31 heavy (non-hydrogen) atoms. The summed E-state index contributed by atoms with van der Waals surface area (Å²) < 4.78 is 32.8. The number of para-hydroxylation sites is 1. The molecule has 3 aromatic rings. The van der Waals surface area contributed by atoms with Crippen molar-refractivity contribution in [2.24, 2.45) is 0 Å². The summed E-state index contributed by atoms with van der Waals surface area (Å²) in [4.78, 5) is 26.5. The summed E-state index contributed by atoms with van der Waals surface area (Å²) in [7, 11) is -2.56. The molecule has 0 saturated carbocycles. The lowest BCUT2D eigenvalue weighted by Crippen LogP contribution is -2.19. The van der Waals surface area contributed by atoms with Gasteiger partial charge in [0.15, 0.2) is 0 Å². The van der Waals surface area contributed by atoms with Crippen molar-refractivity contribution in [3.8, 4) is 0 Å². The molecule has 2 N–H and O–H groups in total. The van der Waals surface area contributed by atoms with E-state index in [1.54, 1.807) is 30.3 Å². The molecule has 1 aliphatic carbocycles. The molecule has 1 heterocycles. The number of hydrogen-bond donors (Lipinski definition) is 2. The van der Waals surface area contributed by atoms with E-state index < -0.39 is 21.9 Å². The number of amides is 1. The van der Waals surface area contributed by atoms with Gasteiger partial charge in [0, 0.05) is 4.88 Å². The number of carbonyl (C=O) groups excluding carboxylic acids is 2. The predicted octanol–water partition coefficient (Wildman–Crippen LogP) is 4.08. The van der Waals surface area contributed by atoms with Gasteiger partial charge in [-0.15, -0.1) is 11.3 Å². The van der Waals surface area contributed by atoms with Crippen LogP contribution in [-0.2, 0) is 27.6 Å². The molecule has 0 radical (unpaired) electrons. The van der Waals surface area contributed by atoms with Crippen LogP contribution < -0.4 is 10.0 Å². The van der Waals surface area contributed by atoms with E-state index in [-0.39, 0.29) is 16.1 Å². The van der Waals surface area contributed by atoms with Crippen LogP contribution in [0.25, 0.3) is 0 Å². The van der Waals surface area contributed by atoms with Crippen molar-refractivity contribution in [1.82, 2.24) is 0 Å². The van der Waals surface area contributed by atoms with E-state index in [0.29, 0.717) is 10.6 Å². The first-order valence-corrected chi connectivity index (χ1v) is 11.9. The molecule has 1 aliphatic rings. The smallest absolute Gasteiger partial charge is 0.341 e. The van der Waals surface area contributed by atoms with Gasteiger partial charge in [0.2, 0.25) is 0 Å². The van der Waals surface area contributed by atoms with E-state index in [0.717, 1.165) is 29.7 Å². The minimum absolute atomic E-state index is 0.0906. The number of thiophene rings is 1. The van der Waals surface area contributed by atoms with E-state index >= 15 is 0 Å². The number of anilines is 2. The molecule has 160 valence electrons. The quantitative estimate of drug-likeness (QED) is 0.545. The summed E-state index contributed by atoms with van der Waals surface area (Å²) in [5.74, 6) is -1.01. The molecule has 0 atom stereocenters. The van der Waals surface area contributed by atoms with Crippen molar-refractivity contribution in [3.05, 3.63) is 76.2 Å². The van der Waals surface area contributed by atoms with Gasteiger partial charge >= 0.3 is 5.97 Å². The Labute approximate surface area is 184 Å². The summed E-state index contributed by atoms with van der Waals surface area (Å²) in [5, 5.41) is 3.20. The van der Waals surface area contributed by atoms with Crippen molar-refractivity contribution in [2.45, 2.75) is 24.2 Å². The fraction of sp³-hybridized carbons (Fsp3) is 0.182. The first kappa shape index (κ1) is 21.1. The lowest BCUT2D eigenvalue weighted by molar-refractivity contribution is 0.0601. The van der Waals surface area contributed by atoms with Crippen molar-refractivity contribution in [2.75, 3.05) is 17.1 Å². The fourth-order valence-electron chi connectivity index (χ4n) is 3.55. The van der Waals surface area contributed by atoms with Crippen LogP contribution in [0.1, 0.15) is 37.6 Å². The zero-order valence-corrected chi connectivity index (χ0v) is 18.3. The van der Waals surface area contributed by atoms with Gasteiger partial charge in [0.1, 0.15) is 5.00 Å². The monoisotopic (exact) mass is 456 g/mol. The Bertz CT molecular complexity index is 1250. The molecule has 0 saturated heterocycles. The maximum atomic E-state index is 13.1. The Hall–Kier alpha value is -3.17. The third kappa shape index (κ3) is 4.19. The van der Waals surface area contributed by atoms with E-state index in [9.17, 15) is 18.0 Å². The van der Waals surface area contributed by atoms with Crippen LogP contribution in [0.5, 0.6) is 0 Å². The average molecular weight is 457 g/mol. The van der Waals surface area contributed by atoms with Gasteiger partial charge in [0.05, 0.1) is 28.8 Å². The highest BCUT2D eigenvalue weighted by molar-refractivity contribution is 7.92. The molecule has 0 bridgehead atoms. The molecule has 2 aromatic carbocycles. The summed E-state index contributed by atoms with van der Waals surface area (Å²) in [5.41, 5.74) is 1.60. The second kappa shape index (κ2) is 8.52. The molecule has 0 unspecified atom stereocenters. The number of hydrogen-bond acceptors (Lipinski definition) is 6. The molecule has 0 aliphatic heterocycles. The highest BCUT2D eigenvalue weighted by atomic mass is 32.2. The molecule has 7 nitrogen and oxygen atoms in total. The second-order valence-electron chi connectivity index (χ2n) is 6.97. The Kier molecular flexibility index (Phi) is 5.79. The second-order valence-corrected chi connectivity index (χ2v) is 9.76. The highest BCUT2D eigenvalue weighted by Gasteiger charge is 2.28. The SMILES string of the molecule is COC(=O)c1c(NC(=O)c2ccccc2NS(=O)(=O)c2ccccc2)sc2c1CCC2. The van der Waals surface area contributed by atoms with Crippen LogP contribution in [0.4, 0.5) is 10.7 Å². The number of ether oxygens (including phenoxy) is 1. The number of fused-ring (bicyclic) bond motifs is 1. The molecular formula is C22H20N2O5S2. The van der Waals surface area contributed by atoms with E-state index in [2.05, 4.69) is 10.0 Å². The van der Waals surface area contributed by atoms with Crippen molar-refractivity contribution in [3.63, 3.8) is 0 Å². The van der Waals surface area contributed by atoms with E-state index in [4.69, 9.17) is 4.74 Å². The van der Waals surface area contributed by atoms with Crippen LogP contribution in [-0.4, -0.2) is 27.4 Å². The van der Waals surface area contributed by atoms with Crippen molar-refractivity contribution >= 4 is 43.9 Å². The van der Waals surface area contributed by atoms with E-state index in [1.165, 1.54) is 42.7 Å². The number of methoxy groups -OCH3 is 1. The standard InChI is InChI=1S/C22H20N2O5S2/c1-29-22(26)19-16-11-7-13-18(16)30-21(19)23-20(25)15-10-5-6-12-17(15)24-31(27,28)14-8-3-2-4-9-14/h2-6,8-10,12,24H,7,11,13H2,1H3,(H,23,25). The first-order valence-electron chi connectivity index (χ1n) is 9.62.